The van der Waals surface area contributed by atoms with Crippen LogP contribution in [0.2, 0.25) is 0 Å². The van der Waals surface area contributed by atoms with Gasteiger partial charge in [-0.05, 0) is 26.3 Å². The zero-order chi connectivity index (χ0) is 10.9. The lowest BCUT2D eigenvalue weighted by Gasteiger charge is -2.02. The monoisotopic (exact) mass is 212 g/mol. The van der Waals surface area contributed by atoms with Crippen LogP contribution in [0.25, 0.3) is 0 Å². The second-order valence-corrected chi connectivity index (χ2v) is 3.68. The first-order valence-electron chi connectivity index (χ1n) is 5.40. The van der Waals surface area contributed by atoms with Crippen LogP contribution in [0.15, 0.2) is 23.8 Å². The summed E-state index contributed by atoms with van der Waals surface area (Å²) in [4.78, 5) is 0. The van der Waals surface area contributed by atoms with Gasteiger partial charge in [0.25, 0.3) is 0 Å². The minimum absolute atomic E-state index is 0.161. The molecule has 0 aromatic rings. The van der Waals surface area contributed by atoms with Gasteiger partial charge in [0.1, 0.15) is 0 Å². The summed E-state index contributed by atoms with van der Waals surface area (Å²) in [5.74, 6) is 0. The Kier molecular flexibility index (Phi) is 6.32. The fourth-order valence-corrected chi connectivity index (χ4v) is 1.24. The predicted octanol–water partition coefficient (Wildman–Crippen LogP) is 2.29. The highest BCUT2D eigenvalue weighted by Gasteiger charge is 2.10. The Morgan fingerprint density at radius 2 is 2.07 bits per heavy atom. The Labute approximate surface area is 91.7 Å². The highest BCUT2D eigenvalue weighted by molar-refractivity contribution is 4.92. The molecule has 3 heteroatoms. The van der Waals surface area contributed by atoms with Crippen molar-refractivity contribution >= 4 is 0 Å². The van der Waals surface area contributed by atoms with E-state index in [2.05, 4.69) is 19.9 Å². The third-order valence-corrected chi connectivity index (χ3v) is 1.97. The Balaban J connectivity index is 1.94. The lowest BCUT2D eigenvalue weighted by atomic mass is 10.3. The fraction of sp³-hybridized carbons (Fsp3) is 0.667. The summed E-state index contributed by atoms with van der Waals surface area (Å²) in [7, 11) is 0. The van der Waals surface area contributed by atoms with E-state index in [1.165, 1.54) is 5.57 Å². The van der Waals surface area contributed by atoms with Crippen LogP contribution in [0.1, 0.15) is 20.3 Å². The zero-order valence-electron chi connectivity index (χ0n) is 9.57. The van der Waals surface area contributed by atoms with E-state index in [-0.39, 0.29) is 6.29 Å². The van der Waals surface area contributed by atoms with Crippen molar-refractivity contribution in [2.75, 3.05) is 26.4 Å². The molecule has 0 saturated carbocycles. The van der Waals surface area contributed by atoms with E-state index in [0.717, 1.165) is 13.0 Å². The average molecular weight is 212 g/mol. The molecule has 0 amide bonds. The van der Waals surface area contributed by atoms with Crippen LogP contribution < -0.4 is 0 Å². The van der Waals surface area contributed by atoms with Crippen LogP contribution >= 0.6 is 0 Å². The maximum atomic E-state index is 5.40. The van der Waals surface area contributed by atoms with Crippen LogP contribution in [0, 0.1) is 0 Å². The summed E-state index contributed by atoms with van der Waals surface area (Å²) in [6.07, 6.45) is 6.83. The first-order chi connectivity index (χ1) is 7.29. The molecule has 0 radical (unpaired) electrons. The molecule has 0 aromatic carbocycles. The van der Waals surface area contributed by atoms with Crippen molar-refractivity contribution in [3.8, 4) is 0 Å². The molecule has 3 nitrogen and oxygen atoms in total. The minimum atomic E-state index is -0.161. The van der Waals surface area contributed by atoms with E-state index in [1.807, 2.05) is 12.2 Å². The number of hydrogen-bond acceptors (Lipinski definition) is 3. The Hall–Kier alpha value is -0.640. The number of allylic oxidation sites excluding steroid dienone is 1. The SMILES string of the molecule is CC(C)=CCCOC/C=C/C1OCCO1. The third-order valence-electron chi connectivity index (χ3n) is 1.97. The highest BCUT2D eigenvalue weighted by Crippen LogP contribution is 2.04. The fourth-order valence-electron chi connectivity index (χ4n) is 1.24. The minimum Gasteiger partial charge on any atom is -0.377 e. The molecular weight excluding hydrogens is 192 g/mol. The van der Waals surface area contributed by atoms with Crippen LogP contribution in [0.3, 0.4) is 0 Å². The molecule has 0 bridgehead atoms. The molecule has 0 aliphatic carbocycles. The van der Waals surface area contributed by atoms with E-state index >= 15 is 0 Å². The van der Waals surface area contributed by atoms with Gasteiger partial charge in [-0.1, -0.05) is 17.7 Å². The first-order valence-corrected chi connectivity index (χ1v) is 5.40. The lowest BCUT2D eigenvalue weighted by Crippen LogP contribution is -2.03. The van der Waals surface area contributed by atoms with Crippen molar-refractivity contribution in [1.82, 2.24) is 0 Å². The van der Waals surface area contributed by atoms with Crippen molar-refractivity contribution in [2.24, 2.45) is 0 Å². The van der Waals surface area contributed by atoms with Crippen molar-refractivity contribution in [3.63, 3.8) is 0 Å². The van der Waals surface area contributed by atoms with E-state index < -0.39 is 0 Å². The molecule has 0 atom stereocenters. The van der Waals surface area contributed by atoms with Crippen molar-refractivity contribution in [2.45, 2.75) is 26.6 Å². The molecular formula is C12H20O3. The van der Waals surface area contributed by atoms with Gasteiger partial charge in [0.05, 0.1) is 26.4 Å². The molecule has 0 spiro atoms. The van der Waals surface area contributed by atoms with Crippen molar-refractivity contribution < 1.29 is 14.2 Å². The second-order valence-electron chi connectivity index (χ2n) is 3.68. The smallest absolute Gasteiger partial charge is 0.177 e. The van der Waals surface area contributed by atoms with E-state index in [9.17, 15) is 0 Å². The summed E-state index contributed by atoms with van der Waals surface area (Å²) < 4.78 is 15.9. The van der Waals surface area contributed by atoms with Gasteiger partial charge in [0, 0.05) is 0 Å². The molecule has 1 heterocycles. The van der Waals surface area contributed by atoms with Gasteiger partial charge >= 0.3 is 0 Å². The zero-order valence-corrected chi connectivity index (χ0v) is 9.57. The predicted molar refractivity (Wildman–Crippen MR) is 59.7 cm³/mol. The lowest BCUT2D eigenvalue weighted by molar-refractivity contribution is -0.00216. The van der Waals surface area contributed by atoms with Gasteiger partial charge in [-0.3, -0.25) is 0 Å². The molecule has 0 aromatic heterocycles. The Bertz CT molecular complexity index is 211. The Morgan fingerprint density at radius 3 is 2.73 bits per heavy atom. The van der Waals surface area contributed by atoms with E-state index in [1.54, 1.807) is 0 Å². The highest BCUT2D eigenvalue weighted by atomic mass is 16.7. The largest absolute Gasteiger partial charge is 0.377 e. The van der Waals surface area contributed by atoms with Gasteiger partial charge in [0.15, 0.2) is 6.29 Å². The van der Waals surface area contributed by atoms with Gasteiger partial charge in [0.2, 0.25) is 0 Å². The molecule has 1 aliphatic heterocycles. The van der Waals surface area contributed by atoms with E-state index in [0.29, 0.717) is 19.8 Å². The molecule has 0 unspecified atom stereocenters. The molecule has 1 saturated heterocycles. The van der Waals surface area contributed by atoms with Crippen molar-refractivity contribution in [1.29, 1.82) is 0 Å². The summed E-state index contributed by atoms with van der Waals surface area (Å²) in [5.41, 5.74) is 1.34. The summed E-state index contributed by atoms with van der Waals surface area (Å²) in [6, 6.07) is 0. The molecule has 0 N–H and O–H groups in total. The van der Waals surface area contributed by atoms with Crippen molar-refractivity contribution in [3.05, 3.63) is 23.8 Å². The Morgan fingerprint density at radius 1 is 1.33 bits per heavy atom. The molecule has 1 fully saturated rings. The average Bonchev–Trinajstić information content (AvgIpc) is 2.68. The third kappa shape index (κ3) is 6.44. The number of hydrogen-bond donors (Lipinski definition) is 0. The van der Waals surface area contributed by atoms with Crippen LogP contribution in [0.4, 0.5) is 0 Å². The van der Waals surface area contributed by atoms with Crippen LogP contribution in [-0.2, 0) is 14.2 Å². The maximum Gasteiger partial charge on any atom is 0.177 e. The maximum absolute atomic E-state index is 5.40. The molecule has 1 rings (SSSR count). The first kappa shape index (κ1) is 12.4. The molecule has 86 valence electrons. The molecule has 1 aliphatic rings. The van der Waals surface area contributed by atoms with Crippen LogP contribution in [0.5, 0.6) is 0 Å². The molecule has 15 heavy (non-hydrogen) atoms. The summed E-state index contributed by atoms with van der Waals surface area (Å²) >= 11 is 0. The second kappa shape index (κ2) is 7.63. The van der Waals surface area contributed by atoms with Gasteiger partial charge in [-0.25, -0.2) is 0 Å². The van der Waals surface area contributed by atoms with Gasteiger partial charge in [-0.15, -0.1) is 0 Å². The van der Waals surface area contributed by atoms with E-state index in [4.69, 9.17) is 14.2 Å². The van der Waals surface area contributed by atoms with Crippen LogP contribution in [-0.4, -0.2) is 32.7 Å². The van der Waals surface area contributed by atoms with Gasteiger partial charge in [-0.2, -0.15) is 0 Å². The standard InChI is InChI=1S/C12H20O3/c1-11(2)5-3-7-13-8-4-6-12-14-9-10-15-12/h4-6,12H,3,7-10H2,1-2H3/b6-4+. The summed E-state index contributed by atoms with van der Waals surface area (Å²) in [6.45, 7) is 6.96. The number of rotatable bonds is 6. The topological polar surface area (TPSA) is 27.7 Å². The quantitative estimate of drug-likeness (QED) is 0.499. The normalized spacial score (nSPS) is 17.5. The summed E-state index contributed by atoms with van der Waals surface area (Å²) in [5, 5.41) is 0. The van der Waals surface area contributed by atoms with Gasteiger partial charge < -0.3 is 14.2 Å². The number of ether oxygens (including phenoxy) is 3.